The number of nitrogens with zero attached hydrogens (tertiary/aromatic N) is 2. The highest BCUT2D eigenvalue weighted by Gasteiger charge is 2.33. The second kappa shape index (κ2) is 6.26. The summed E-state index contributed by atoms with van der Waals surface area (Å²) in [5, 5.41) is 11.3. The van der Waals surface area contributed by atoms with Gasteiger partial charge in [0.25, 0.3) is 5.69 Å². The fourth-order valence-corrected chi connectivity index (χ4v) is 2.99. The molecule has 21 heavy (non-hydrogen) atoms. The Balaban J connectivity index is 2.56. The number of piperidine rings is 1. The van der Waals surface area contributed by atoms with Gasteiger partial charge in [0.1, 0.15) is 5.69 Å². The summed E-state index contributed by atoms with van der Waals surface area (Å²) < 4.78 is 18.7. The first-order valence-electron chi connectivity index (χ1n) is 7.00. The summed E-state index contributed by atoms with van der Waals surface area (Å²) in [6.45, 7) is 2.41. The van der Waals surface area contributed by atoms with E-state index in [0.29, 0.717) is 12.2 Å². The van der Waals surface area contributed by atoms with E-state index in [9.17, 15) is 14.5 Å². The molecule has 0 radical (unpaired) electrons. The molecule has 2 unspecified atom stereocenters. The molecular formula is C14H20FN3O3. The van der Waals surface area contributed by atoms with E-state index in [4.69, 9.17) is 10.5 Å². The van der Waals surface area contributed by atoms with Gasteiger partial charge >= 0.3 is 0 Å². The van der Waals surface area contributed by atoms with Crippen LogP contribution in [0.5, 0.6) is 5.75 Å². The van der Waals surface area contributed by atoms with Crippen molar-refractivity contribution in [2.75, 3.05) is 18.6 Å². The summed E-state index contributed by atoms with van der Waals surface area (Å²) in [6.07, 6.45) is 2.83. The van der Waals surface area contributed by atoms with Crippen molar-refractivity contribution in [3.63, 3.8) is 0 Å². The molecule has 0 spiro atoms. The zero-order valence-corrected chi connectivity index (χ0v) is 12.2. The molecule has 1 aliphatic heterocycles. The lowest BCUT2D eigenvalue weighted by molar-refractivity contribution is -0.384. The second-order valence-electron chi connectivity index (χ2n) is 5.31. The summed E-state index contributed by atoms with van der Waals surface area (Å²) in [5.74, 6) is -0.731. The van der Waals surface area contributed by atoms with Gasteiger partial charge in [-0.05, 0) is 26.2 Å². The molecule has 116 valence electrons. The number of rotatable bonds is 4. The molecule has 0 amide bonds. The lowest BCUT2D eigenvalue weighted by Crippen LogP contribution is -2.49. The first-order chi connectivity index (χ1) is 9.99. The predicted molar refractivity (Wildman–Crippen MR) is 78.2 cm³/mol. The Morgan fingerprint density at radius 1 is 1.52 bits per heavy atom. The zero-order valence-electron chi connectivity index (χ0n) is 12.2. The summed E-state index contributed by atoms with van der Waals surface area (Å²) in [4.78, 5) is 12.6. The number of ether oxygens (including phenoxy) is 1. The Morgan fingerprint density at radius 3 is 2.81 bits per heavy atom. The van der Waals surface area contributed by atoms with E-state index < -0.39 is 10.7 Å². The lowest BCUT2D eigenvalue weighted by atomic mass is 9.95. The van der Waals surface area contributed by atoms with E-state index in [1.54, 1.807) is 0 Å². The van der Waals surface area contributed by atoms with Crippen LogP contribution in [0.2, 0.25) is 0 Å². The zero-order chi connectivity index (χ0) is 15.6. The Hall–Kier alpha value is -1.89. The van der Waals surface area contributed by atoms with Crippen LogP contribution in [-0.4, -0.2) is 30.7 Å². The van der Waals surface area contributed by atoms with Gasteiger partial charge in [0.15, 0.2) is 11.6 Å². The number of halogens is 1. The highest BCUT2D eigenvalue weighted by Crippen LogP contribution is 2.39. The topological polar surface area (TPSA) is 81.6 Å². The number of nitro groups is 1. The van der Waals surface area contributed by atoms with E-state index in [-0.39, 0.29) is 23.5 Å². The number of hydrogen-bond donors (Lipinski definition) is 1. The minimum atomic E-state index is -0.734. The summed E-state index contributed by atoms with van der Waals surface area (Å²) >= 11 is 0. The summed E-state index contributed by atoms with van der Waals surface area (Å²) in [5.41, 5.74) is 5.93. The normalized spacial score (nSPS) is 22.2. The average molecular weight is 297 g/mol. The van der Waals surface area contributed by atoms with Crippen molar-refractivity contribution in [2.45, 2.75) is 38.3 Å². The van der Waals surface area contributed by atoms with Crippen molar-refractivity contribution >= 4 is 11.4 Å². The molecule has 7 heteroatoms. The maximum Gasteiger partial charge on any atom is 0.295 e. The Labute approximate surface area is 122 Å². The number of nitrogens with two attached hydrogens (primary N) is 1. The fraction of sp³-hybridized carbons (Fsp3) is 0.571. The summed E-state index contributed by atoms with van der Waals surface area (Å²) in [7, 11) is 1.34. The van der Waals surface area contributed by atoms with Gasteiger partial charge in [0, 0.05) is 24.7 Å². The number of benzene rings is 1. The molecule has 0 aliphatic carbocycles. The van der Waals surface area contributed by atoms with Gasteiger partial charge in [-0.15, -0.1) is 0 Å². The monoisotopic (exact) mass is 297 g/mol. The third-order valence-corrected chi connectivity index (χ3v) is 4.02. The largest absolute Gasteiger partial charge is 0.494 e. The smallest absolute Gasteiger partial charge is 0.295 e. The molecule has 2 atom stereocenters. The average Bonchev–Trinajstić information content (AvgIpc) is 2.46. The number of hydrogen-bond acceptors (Lipinski definition) is 5. The number of methoxy groups -OCH3 is 1. The van der Waals surface area contributed by atoms with E-state index >= 15 is 0 Å². The van der Waals surface area contributed by atoms with Crippen LogP contribution < -0.4 is 15.4 Å². The van der Waals surface area contributed by atoms with E-state index in [1.165, 1.54) is 13.2 Å². The van der Waals surface area contributed by atoms with Crippen LogP contribution in [0, 0.1) is 15.9 Å². The van der Waals surface area contributed by atoms with E-state index in [1.807, 2.05) is 11.8 Å². The predicted octanol–water partition coefficient (Wildman–Crippen LogP) is 2.45. The van der Waals surface area contributed by atoms with E-state index in [0.717, 1.165) is 25.3 Å². The van der Waals surface area contributed by atoms with Gasteiger partial charge in [-0.3, -0.25) is 10.1 Å². The van der Waals surface area contributed by atoms with Crippen LogP contribution >= 0.6 is 0 Å². The number of anilines is 1. The quantitative estimate of drug-likeness (QED) is 0.682. The SMILES string of the molecule is COc1cc(N2C(C)CCCC2CN)c([N+](=O)[O-])cc1F. The molecule has 1 aromatic rings. The third kappa shape index (κ3) is 2.92. The standard InChI is InChI=1S/C14H20FN3O3/c1-9-4-3-5-10(8-16)17(9)12-7-14(21-2)11(15)6-13(12)18(19)20/h6-7,9-10H,3-5,8,16H2,1-2H3. The van der Waals surface area contributed by atoms with Gasteiger partial charge in [-0.1, -0.05) is 0 Å². The minimum absolute atomic E-state index is 0.00384. The maximum absolute atomic E-state index is 13.8. The van der Waals surface area contributed by atoms with Crippen LogP contribution in [0.4, 0.5) is 15.8 Å². The van der Waals surface area contributed by atoms with Crippen molar-refractivity contribution in [3.8, 4) is 5.75 Å². The van der Waals surface area contributed by atoms with Crippen LogP contribution in [0.3, 0.4) is 0 Å². The number of nitro benzene ring substituents is 1. The molecule has 0 aromatic heterocycles. The molecule has 1 fully saturated rings. The molecule has 0 saturated carbocycles. The first kappa shape index (κ1) is 15.5. The van der Waals surface area contributed by atoms with Crippen molar-refractivity contribution in [2.24, 2.45) is 5.73 Å². The van der Waals surface area contributed by atoms with Crippen molar-refractivity contribution in [1.82, 2.24) is 0 Å². The van der Waals surface area contributed by atoms with Gasteiger partial charge in [-0.2, -0.15) is 0 Å². The molecule has 0 bridgehead atoms. The molecule has 6 nitrogen and oxygen atoms in total. The van der Waals surface area contributed by atoms with Gasteiger partial charge in [-0.25, -0.2) is 4.39 Å². The maximum atomic E-state index is 13.8. The van der Waals surface area contributed by atoms with Crippen LogP contribution in [0.1, 0.15) is 26.2 Å². The molecule has 1 aromatic carbocycles. The molecule has 2 rings (SSSR count). The first-order valence-corrected chi connectivity index (χ1v) is 7.00. The Bertz CT molecular complexity index is 538. The second-order valence-corrected chi connectivity index (χ2v) is 5.31. The van der Waals surface area contributed by atoms with Gasteiger partial charge in [0.2, 0.25) is 0 Å². The van der Waals surface area contributed by atoms with Crippen molar-refractivity contribution in [3.05, 3.63) is 28.1 Å². The van der Waals surface area contributed by atoms with Gasteiger partial charge in [0.05, 0.1) is 18.1 Å². The van der Waals surface area contributed by atoms with Crippen molar-refractivity contribution in [1.29, 1.82) is 0 Å². The Morgan fingerprint density at radius 2 is 2.24 bits per heavy atom. The molecular weight excluding hydrogens is 277 g/mol. The van der Waals surface area contributed by atoms with Gasteiger partial charge < -0.3 is 15.4 Å². The highest BCUT2D eigenvalue weighted by molar-refractivity contribution is 5.67. The molecule has 2 N–H and O–H groups in total. The lowest BCUT2D eigenvalue weighted by Gasteiger charge is -2.41. The third-order valence-electron chi connectivity index (χ3n) is 4.02. The summed E-state index contributed by atoms with van der Waals surface area (Å²) in [6, 6.07) is 2.45. The molecule has 1 aliphatic rings. The van der Waals surface area contributed by atoms with Crippen LogP contribution in [0.15, 0.2) is 12.1 Å². The van der Waals surface area contributed by atoms with E-state index in [2.05, 4.69) is 0 Å². The van der Waals surface area contributed by atoms with Crippen molar-refractivity contribution < 1.29 is 14.1 Å². The Kier molecular flexibility index (Phi) is 4.62. The van der Waals surface area contributed by atoms with Crippen LogP contribution in [-0.2, 0) is 0 Å². The fourth-order valence-electron chi connectivity index (χ4n) is 2.99. The van der Waals surface area contributed by atoms with Crippen LogP contribution in [0.25, 0.3) is 0 Å². The highest BCUT2D eigenvalue weighted by atomic mass is 19.1. The molecule has 1 saturated heterocycles. The minimum Gasteiger partial charge on any atom is -0.494 e. The molecule has 1 heterocycles.